The van der Waals surface area contributed by atoms with Crippen LogP contribution in [-0.4, -0.2) is 33.4 Å². The summed E-state index contributed by atoms with van der Waals surface area (Å²) >= 11 is 0. The quantitative estimate of drug-likeness (QED) is 0.381. The minimum Gasteiger partial charge on any atom is -0.494 e. The molecule has 170 valence electrons. The summed E-state index contributed by atoms with van der Waals surface area (Å²) in [7, 11) is 0. The van der Waals surface area contributed by atoms with Gasteiger partial charge in [-0.1, -0.05) is 6.07 Å². The molecule has 1 aromatic heterocycles. The van der Waals surface area contributed by atoms with Gasteiger partial charge in [0.05, 0.1) is 0 Å². The zero-order chi connectivity index (χ0) is 23.5. The molecule has 0 saturated carbocycles. The van der Waals surface area contributed by atoms with Gasteiger partial charge < -0.3 is 25.6 Å². The van der Waals surface area contributed by atoms with E-state index in [0.29, 0.717) is 28.6 Å². The van der Waals surface area contributed by atoms with E-state index in [0.717, 1.165) is 5.56 Å². The Morgan fingerprint density at radius 1 is 1.09 bits per heavy atom. The van der Waals surface area contributed by atoms with Gasteiger partial charge in [0.2, 0.25) is 17.7 Å². The molecule has 10 nitrogen and oxygen atoms in total. The van der Waals surface area contributed by atoms with Gasteiger partial charge in [0.25, 0.3) is 0 Å². The second-order valence-corrected chi connectivity index (χ2v) is 7.81. The van der Waals surface area contributed by atoms with Crippen LogP contribution in [0.4, 0.5) is 16.2 Å². The summed E-state index contributed by atoms with van der Waals surface area (Å²) < 4.78 is 1.47. The van der Waals surface area contributed by atoms with Crippen molar-refractivity contribution in [2.45, 2.75) is 32.4 Å². The molecule has 1 aliphatic rings. The third kappa shape index (κ3) is 4.95. The van der Waals surface area contributed by atoms with E-state index in [2.05, 4.69) is 21.3 Å². The smallest absolute Gasteiger partial charge is 0.319 e. The average Bonchev–Trinajstić information content (AvgIpc) is 3.09. The minimum atomic E-state index is -0.653. The van der Waals surface area contributed by atoms with E-state index in [-0.39, 0.29) is 30.7 Å². The number of nitrogens with one attached hydrogen (secondary N) is 4. The lowest BCUT2D eigenvalue weighted by Gasteiger charge is -2.22. The number of hydrogen-bond donors (Lipinski definition) is 5. The lowest BCUT2D eigenvalue weighted by Crippen LogP contribution is -2.41. The normalized spacial score (nSPS) is 15.7. The largest absolute Gasteiger partial charge is 0.494 e. The summed E-state index contributed by atoms with van der Waals surface area (Å²) in [6.07, 6.45) is 2.20. The fourth-order valence-electron chi connectivity index (χ4n) is 3.77. The van der Waals surface area contributed by atoms with Crippen LogP contribution in [0, 0.1) is 0 Å². The van der Waals surface area contributed by atoms with Gasteiger partial charge in [-0.2, -0.15) is 0 Å². The number of carbonyl (C=O) groups is 4. The van der Waals surface area contributed by atoms with Crippen LogP contribution >= 0.6 is 0 Å². The predicted octanol–water partition coefficient (Wildman–Crippen LogP) is 2.60. The molecule has 2 heterocycles. The molecule has 2 aromatic carbocycles. The molecule has 1 fully saturated rings. The van der Waals surface area contributed by atoms with Gasteiger partial charge in [-0.05, 0) is 48.4 Å². The number of aromatic hydroxyl groups is 1. The third-order valence-electron chi connectivity index (χ3n) is 5.34. The van der Waals surface area contributed by atoms with Crippen molar-refractivity contribution in [3.63, 3.8) is 0 Å². The van der Waals surface area contributed by atoms with Crippen LogP contribution in [0.25, 0.3) is 10.8 Å². The summed E-state index contributed by atoms with van der Waals surface area (Å²) in [4.78, 5) is 46.8. The molecule has 4 rings (SSSR count). The Bertz CT molecular complexity index is 1250. The van der Waals surface area contributed by atoms with Crippen LogP contribution in [0.1, 0.15) is 31.4 Å². The Morgan fingerprint density at radius 2 is 1.79 bits per heavy atom. The highest BCUT2D eigenvalue weighted by molar-refractivity contribution is 6.00. The van der Waals surface area contributed by atoms with Crippen LogP contribution in [0.5, 0.6) is 5.88 Å². The molecule has 0 aliphatic carbocycles. The van der Waals surface area contributed by atoms with Crippen molar-refractivity contribution in [3.05, 3.63) is 54.2 Å². The second-order valence-electron chi connectivity index (χ2n) is 7.81. The molecule has 5 amide bonds. The molecule has 1 aliphatic heterocycles. The Kier molecular flexibility index (Phi) is 5.99. The standard InChI is InChI=1S/C23H23N5O5/c1-13(29)25-16-3-5-17(6-4-16)26-23(33)24-11-14-2-7-18-15(10-14)12-28(22(18)32)19-8-9-20(30)27-21(19)31/h2-7,10,12,19,32H,8-9,11H2,1H3,(H,25,29)(H2,24,26,33)(H,27,30,31). The van der Waals surface area contributed by atoms with Crippen LogP contribution in [0.15, 0.2) is 48.7 Å². The van der Waals surface area contributed by atoms with Crippen molar-refractivity contribution in [3.8, 4) is 5.88 Å². The summed E-state index contributed by atoms with van der Waals surface area (Å²) in [6, 6.07) is 11.0. The lowest BCUT2D eigenvalue weighted by molar-refractivity contribution is -0.135. The van der Waals surface area contributed by atoms with Crippen molar-refractivity contribution < 1.29 is 24.3 Å². The fourth-order valence-corrected chi connectivity index (χ4v) is 3.77. The highest BCUT2D eigenvalue weighted by atomic mass is 16.3. The number of hydrogen-bond acceptors (Lipinski definition) is 5. The van der Waals surface area contributed by atoms with Crippen molar-refractivity contribution in [2.24, 2.45) is 0 Å². The number of piperidine rings is 1. The Morgan fingerprint density at radius 3 is 2.45 bits per heavy atom. The Labute approximate surface area is 189 Å². The van der Waals surface area contributed by atoms with E-state index >= 15 is 0 Å². The first kappa shape index (κ1) is 21.9. The molecule has 10 heteroatoms. The zero-order valence-electron chi connectivity index (χ0n) is 17.8. The highest BCUT2D eigenvalue weighted by Gasteiger charge is 2.30. The van der Waals surface area contributed by atoms with Crippen LogP contribution in [0.3, 0.4) is 0 Å². The van der Waals surface area contributed by atoms with Gasteiger partial charge >= 0.3 is 6.03 Å². The summed E-state index contributed by atoms with van der Waals surface area (Å²) in [5.41, 5.74) is 2.01. The van der Waals surface area contributed by atoms with Crippen LogP contribution in [0.2, 0.25) is 0 Å². The van der Waals surface area contributed by atoms with E-state index in [1.165, 1.54) is 11.5 Å². The zero-order valence-corrected chi connectivity index (χ0v) is 17.8. The third-order valence-corrected chi connectivity index (χ3v) is 5.34. The molecule has 3 aromatic rings. The SMILES string of the molecule is CC(=O)Nc1ccc(NC(=O)NCc2ccc3c(O)n(C4CCC(=O)NC4=O)cc3c2)cc1. The second kappa shape index (κ2) is 9.03. The van der Waals surface area contributed by atoms with Crippen molar-refractivity contribution in [2.75, 3.05) is 10.6 Å². The topological polar surface area (TPSA) is 142 Å². The molecule has 1 atom stereocenters. The maximum atomic E-state index is 12.2. The summed E-state index contributed by atoms with van der Waals surface area (Å²) in [5, 5.41) is 22.3. The monoisotopic (exact) mass is 449 g/mol. The fraction of sp³-hybridized carbons (Fsp3) is 0.217. The molecule has 5 N–H and O–H groups in total. The molecular weight excluding hydrogens is 426 g/mol. The number of carbonyl (C=O) groups excluding carboxylic acids is 4. The Balaban J connectivity index is 1.40. The number of benzene rings is 2. The van der Waals surface area contributed by atoms with Crippen molar-refractivity contribution in [1.82, 2.24) is 15.2 Å². The first-order chi connectivity index (χ1) is 15.8. The molecular formula is C23H23N5O5. The minimum absolute atomic E-state index is 0.0422. The number of anilines is 2. The van der Waals surface area contributed by atoms with Gasteiger partial charge in [0.1, 0.15) is 6.04 Å². The lowest BCUT2D eigenvalue weighted by atomic mass is 10.1. The number of aromatic nitrogens is 1. The van der Waals surface area contributed by atoms with Gasteiger partial charge in [-0.3, -0.25) is 19.7 Å². The molecule has 0 radical (unpaired) electrons. The summed E-state index contributed by atoms with van der Waals surface area (Å²) in [6.45, 7) is 1.66. The van der Waals surface area contributed by atoms with Gasteiger partial charge in [0, 0.05) is 48.2 Å². The number of urea groups is 1. The maximum absolute atomic E-state index is 12.2. The van der Waals surface area contributed by atoms with Gasteiger partial charge in [-0.15, -0.1) is 0 Å². The number of fused-ring (bicyclic) bond motifs is 1. The number of rotatable bonds is 5. The molecule has 0 bridgehead atoms. The molecule has 1 saturated heterocycles. The molecule has 1 unspecified atom stereocenters. The summed E-state index contributed by atoms with van der Waals surface area (Å²) in [5.74, 6) is -0.973. The number of nitrogens with zero attached hydrogens (tertiary/aromatic N) is 1. The van der Waals surface area contributed by atoms with Crippen LogP contribution < -0.4 is 21.3 Å². The van der Waals surface area contributed by atoms with E-state index in [1.54, 1.807) is 42.6 Å². The van der Waals surface area contributed by atoms with Crippen LogP contribution in [-0.2, 0) is 20.9 Å². The highest BCUT2D eigenvalue weighted by Crippen LogP contribution is 2.33. The van der Waals surface area contributed by atoms with Crippen molar-refractivity contribution >= 4 is 45.9 Å². The predicted molar refractivity (Wildman–Crippen MR) is 122 cm³/mol. The molecule has 33 heavy (non-hydrogen) atoms. The van der Waals surface area contributed by atoms with Crippen molar-refractivity contribution in [1.29, 1.82) is 0 Å². The maximum Gasteiger partial charge on any atom is 0.319 e. The van der Waals surface area contributed by atoms with Gasteiger partial charge in [0.15, 0.2) is 5.88 Å². The first-order valence-electron chi connectivity index (χ1n) is 10.4. The van der Waals surface area contributed by atoms with E-state index in [9.17, 15) is 24.3 Å². The number of imide groups is 1. The van der Waals surface area contributed by atoms with E-state index in [4.69, 9.17) is 0 Å². The molecule has 0 spiro atoms. The van der Waals surface area contributed by atoms with E-state index in [1.807, 2.05) is 6.07 Å². The first-order valence-corrected chi connectivity index (χ1v) is 10.4. The average molecular weight is 449 g/mol. The van der Waals surface area contributed by atoms with Gasteiger partial charge in [-0.25, -0.2) is 4.79 Å². The Hall–Kier alpha value is -4.34. The number of amides is 5. The van der Waals surface area contributed by atoms with E-state index < -0.39 is 18.0 Å².